The van der Waals surface area contributed by atoms with E-state index in [1.807, 2.05) is 0 Å². The Labute approximate surface area is 242 Å². The molecule has 0 saturated carbocycles. The van der Waals surface area contributed by atoms with Gasteiger partial charge in [0, 0.05) is 16.6 Å². The zero-order valence-electron chi connectivity index (χ0n) is 20.0. The van der Waals surface area contributed by atoms with Crippen molar-refractivity contribution in [2.24, 2.45) is 0 Å². The van der Waals surface area contributed by atoms with E-state index in [1.165, 1.54) is 13.8 Å². The van der Waals surface area contributed by atoms with Gasteiger partial charge in [-0.2, -0.15) is 26.3 Å². The number of allylic oxidation sites excluding steroid dienone is 1. The topological polar surface area (TPSA) is 49.4 Å². The van der Waals surface area contributed by atoms with E-state index in [4.69, 9.17) is 34.8 Å². The highest BCUT2D eigenvalue weighted by Gasteiger charge is 2.40. The van der Waals surface area contributed by atoms with Crippen molar-refractivity contribution in [3.05, 3.63) is 72.6 Å². The Kier molecular flexibility index (Phi) is 11.1. The Morgan fingerprint density at radius 1 is 1.05 bits per heavy atom. The number of rotatable bonds is 8. The highest BCUT2D eigenvalue weighted by molar-refractivity contribution is 9.10. The molecule has 1 N–H and O–H groups in total. The molecule has 0 heterocycles. The fourth-order valence-electron chi connectivity index (χ4n) is 3.40. The minimum absolute atomic E-state index is 0.0514. The van der Waals surface area contributed by atoms with Gasteiger partial charge in [0.05, 0.1) is 20.6 Å². The van der Waals surface area contributed by atoms with Gasteiger partial charge in [-0.05, 0) is 65.7 Å². The molecule has 0 aliphatic heterocycles. The van der Waals surface area contributed by atoms with Crippen molar-refractivity contribution >= 4 is 68.4 Å². The van der Waals surface area contributed by atoms with Gasteiger partial charge in [-0.1, -0.05) is 40.9 Å². The van der Waals surface area contributed by atoms with E-state index < -0.39 is 54.1 Å². The van der Waals surface area contributed by atoms with Crippen molar-refractivity contribution in [3.8, 4) is 0 Å². The van der Waals surface area contributed by atoms with Crippen molar-refractivity contribution in [3.63, 3.8) is 0 Å². The molecule has 2 aromatic carbocycles. The number of likely N-dealkylation sites (N-methyl/N-ethyl adjacent to an activating group) is 1. The molecular weight excluding hydrogens is 668 g/mol. The number of nitrogens with zero attached hydrogens (tertiary/aromatic N) is 1. The number of benzene rings is 2. The summed E-state index contributed by atoms with van der Waals surface area (Å²) in [7, 11) is 0. The number of halogens is 11. The standard InChI is InChI=1S/C24H19BrCl3F7N2O2/c1-3-37(10-23(30,31)32)22(39)11(2)36-21(38)14-5-4-12(6-16(14)25)19(29)9-15(24(33,34)35)13-7-17(26)20(28)18(27)8-13/h4-9,11,15H,3,10H2,1-2H3,(H,36,38)/b19-9-/t11-,15?/m1/s1. The predicted octanol–water partition coefficient (Wildman–Crippen LogP) is 8.59. The van der Waals surface area contributed by atoms with E-state index >= 15 is 0 Å². The van der Waals surface area contributed by atoms with Gasteiger partial charge in [0.2, 0.25) is 5.91 Å². The van der Waals surface area contributed by atoms with E-state index in [9.17, 15) is 40.3 Å². The average molecular weight is 687 g/mol. The Morgan fingerprint density at radius 3 is 2.08 bits per heavy atom. The third kappa shape index (κ3) is 8.99. The second kappa shape index (κ2) is 13.1. The van der Waals surface area contributed by atoms with Gasteiger partial charge in [-0.3, -0.25) is 9.59 Å². The fraction of sp³-hybridized carbons (Fsp3) is 0.333. The molecular formula is C24H19BrCl3F7N2O2. The van der Waals surface area contributed by atoms with Crippen molar-refractivity contribution < 1.29 is 40.3 Å². The molecule has 0 aromatic heterocycles. The Morgan fingerprint density at radius 2 is 1.62 bits per heavy atom. The lowest BCUT2D eigenvalue weighted by Crippen LogP contribution is -2.49. The first-order chi connectivity index (χ1) is 17.9. The zero-order valence-corrected chi connectivity index (χ0v) is 23.8. The van der Waals surface area contributed by atoms with E-state index in [2.05, 4.69) is 21.2 Å². The maximum absolute atomic E-state index is 15.0. The van der Waals surface area contributed by atoms with E-state index in [0.717, 1.165) is 30.3 Å². The number of hydrogen-bond donors (Lipinski definition) is 1. The number of nitrogens with one attached hydrogen (secondary N) is 1. The molecule has 39 heavy (non-hydrogen) atoms. The first-order valence-corrected chi connectivity index (χ1v) is 12.8. The summed E-state index contributed by atoms with van der Waals surface area (Å²) in [5.41, 5.74) is -0.934. The molecule has 2 atom stereocenters. The third-order valence-corrected chi connectivity index (χ3v) is 7.15. The van der Waals surface area contributed by atoms with E-state index in [0.29, 0.717) is 11.0 Å². The highest BCUT2D eigenvalue weighted by Crippen LogP contribution is 2.42. The summed E-state index contributed by atoms with van der Waals surface area (Å²) < 4.78 is 94.3. The van der Waals surface area contributed by atoms with Crippen LogP contribution in [0.25, 0.3) is 5.83 Å². The number of alkyl halides is 6. The Balaban J connectivity index is 2.30. The predicted molar refractivity (Wildman–Crippen MR) is 139 cm³/mol. The lowest BCUT2D eigenvalue weighted by molar-refractivity contribution is -0.161. The number of carbonyl (C=O) groups excluding carboxylic acids is 2. The second-order valence-corrected chi connectivity index (χ2v) is 10.2. The lowest BCUT2D eigenvalue weighted by atomic mass is 9.96. The molecule has 0 bridgehead atoms. The quantitative estimate of drug-likeness (QED) is 0.224. The van der Waals surface area contributed by atoms with Gasteiger partial charge >= 0.3 is 12.4 Å². The molecule has 0 spiro atoms. The van der Waals surface area contributed by atoms with Crippen LogP contribution < -0.4 is 5.32 Å². The van der Waals surface area contributed by atoms with Crippen LogP contribution in [0.3, 0.4) is 0 Å². The average Bonchev–Trinajstić information content (AvgIpc) is 2.81. The van der Waals surface area contributed by atoms with Gasteiger partial charge in [0.15, 0.2) is 0 Å². The van der Waals surface area contributed by atoms with E-state index in [-0.39, 0.29) is 37.2 Å². The summed E-state index contributed by atoms with van der Waals surface area (Å²) in [5.74, 6) is -5.61. The Bertz CT molecular complexity index is 1250. The summed E-state index contributed by atoms with van der Waals surface area (Å²) in [6, 6.07) is 3.62. The van der Waals surface area contributed by atoms with Crippen molar-refractivity contribution in [2.75, 3.05) is 13.1 Å². The Hall–Kier alpha value is -2.02. The highest BCUT2D eigenvalue weighted by atomic mass is 79.9. The van der Waals surface area contributed by atoms with Crippen LogP contribution >= 0.6 is 50.7 Å². The molecule has 0 saturated heterocycles. The van der Waals surface area contributed by atoms with Crippen LogP contribution in [0.15, 0.2) is 40.9 Å². The van der Waals surface area contributed by atoms with Crippen LogP contribution in [-0.2, 0) is 4.79 Å². The van der Waals surface area contributed by atoms with Crippen LogP contribution in [0.4, 0.5) is 30.7 Å². The minimum Gasteiger partial charge on any atom is -0.340 e. The van der Waals surface area contributed by atoms with Gasteiger partial charge in [-0.15, -0.1) is 0 Å². The molecule has 214 valence electrons. The fourth-order valence-corrected chi connectivity index (χ4v) is 4.57. The summed E-state index contributed by atoms with van der Waals surface area (Å²) in [6.45, 7) is 0.779. The first kappa shape index (κ1) is 33.2. The zero-order chi connectivity index (χ0) is 29.9. The molecule has 2 aromatic rings. The van der Waals surface area contributed by atoms with Gasteiger partial charge in [0.25, 0.3) is 5.91 Å². The maximum atomic E-state index is 15.0. The smallest absolute Gasteiger partial charge is 0.340 e. The van der Waals surface area contributed by atoms with Crippen LogP contribution in [0.1, 0.15) is 41.3 Å². The number of amides is 2. The first-order valence-electron chi connectivity index (χ1n) is 10.9. The van der Waals surface area contributed by atoms with Crippen LogP contribution in [0, 0.1) is 0 Å². The van der Waals surface area contributed by atoms with Gasteiger partial charge in [-0.25, -0.2) is 4.39 Å². The lowest BCUT2D eigenvalue weighted by Gasteiger charge is -2.26. The monoisotopic (exact) mass is 684 g/mol. The second-order valence-electron chi connectivity index (χ2n) is 8.19. The number of hydrogen-bond acceptors (Lipinski definition) is 2. The molecule has 0 aliphatic rings. The van der Waals surface area contributed by atoms with Crippen LogP contribution in [0.2, 0.25) is 15.1 Å². The molecule has 1 unspecified atom stereocenters. The van der Waals surface area contributed by atoms with Crippen molar-refractivity contribution in [1.29, 1.82) is 0 Å². The molecule has 2 rings (SSSR count). The van der Waals surface area contributed by atoms with Crippen LogP contribution in [0.5, 0.6) is 0 Å². The van der Waals surface area contributed by atoms with Crippen molar-refractivity contribution in [2.45, 2.75) is 38.2 Å². The van der Waals surface area contributed by atoms with E-state index in [1.54, 1.807) is 0 Å². The normalized spacial score (nSPS) is 14.1. The van der Waals surface area contributed by atoms with Gasteiger partial charge in [0.1, 0.15) is 24.3 Å². The minimum atomic E-state index is -4.93. The molecule has 2 amide bonds. The molecule has 15 heteroatoms. The number of carbonyl (C=O) groups is 2. The van der Waals surface area contributed by atoms with Gasteiger partial charge < -0.3 is 10.2 Å². The maximum Gasteiger partial charge on any atom is 0.406 e. The molecule has 0 fully saturated rings. The summed E-state index contributed by atoms with van der Waals surface area (Å²) >= 11 is 20.5. The third-order valence-electron chi connectivity index (χ3n) is 5.30. The summed E-state index contributed by atoms with van der Waals surface area (Å²) in [5, 5.41) is 1.58. The molecule has 0 radical (unpaired) electrons. The van der Waals surface area contributed by atoms with Crippen molar-refractivity contribution in [1.82, 2.24) is 10.2 Å². The molecule has 4 nitrogen and oxygen atoms in total. The SMILES string of the molecule is CCN(CC(F)(F)F)C(=O)[C@@H](C)NC(=O)c1ccc(/C(F)=C/C(c2cc(Cl)c(Cl)c(Cl)c2)C(F)(F)F)cc1Br. The molecule has 0 aliphatic carbocycles. The van der Waals surface area contributed by atoms with Crippen LogP contribution in [-0.4, -0.2) is 48.2 Å². The summed E-state index contributed by atoms with van der Waals surface area (Å²) in [4.78, 5) is 25.5. The summed E-state index contributed by atoms with van der Waals surface area (Å²) in [6.07, 6.45) is -9.27. The largest absolute Gasteiger partial charge is 0.406 e.